The minimum absolute atomic E-state index is 0.166. The number of rotatable bonds is 7. The van der Waals surface area contributed by atoms with Gasteiger partial charge in [0, 0.05) is 42.8 Å². The molecule has 3 N–H and O–H groups in total. The fourth-order valence-corrected chi connectivity index (χ4v) is 4.79. The average Bonchev–Trinajstić information content (AvgIpc) is 2.79. The van der Waals surface area contributed by atoms with Crippen LogP contribution in [0.25, 0.3) is 10.9 Å². The second-order valence-electron chi connectivity index (χ2n) is 9.01. The molecule has 1 heterocycles. The number of pyridine rings is 1. The first-order valence-electron chi connectivity index (χ1n) is 11.5. The van der Waals surface area contributed by atoms with Crippen molar-refractivity contribution in [3.05, 3.63) is 69.3 Å². The van der Waals surface area contributed by atoms with Crippen molar-refractivity contribution in [2.75, 3.05) is 24.7 Å². The number of halogens is 1. The first-order valence-corrected chi connectivity index (χ1v) is 11.5. The van der Waals surface area contributed by atoms with Crippen LogP contribution in [0.5, 0.6) is 0 Å². The summed E-state index contributed by atoms with van der Waals surface area (Å²) in [5.41, 5.74) is 5.10. The van der Waals surface area contributed by atoms with Crippen LogP contribution >= 0.6 is 0 Å². The summed E-state index contributed by atoms with van der Waals surface area (Å²) in [5.74, 6) is -0.334. The molecule has 4 rings (SSSR count). The van der Waals surface area contributed by atoms with E-state index in [4.69, 9.17) is 0 Å². The van der Waals surface area contributed by atoms with Crippen molar-refractivity contribution >= 4 is 22.3 Å². The molecule has 0 spiro atoms. The van der Waals surface area contributed by atoms with Gasteiger partial charge < -0.3 is 15.6 Å². The van der Waals surface area contributed by atoms with Crippen LogP contribution in [0.15, 0.2) is 41.2 Å². The highest BCUT2D eigenvalue weighted by molar-refractivity contribution is 5.90. The van der Waals surface area contributed by atoms with Crippen molar-refractivity contribution < 1.29 is 4.39 Å². The molecule has 5 nitrogen and oxygen atoms in total. The lowest BCUT2D eigenvalue weighted by atomic mass is 9.94. The Hall–Kier alpha value is -2.86. The van der Waals surface area contributed by atoms with Gasteiger partial charge in [-0.2, -0.15) is 0 Å². The number of aryl methyl sites for hydroxylation is 1. The zero-order valence-electron chi connectivity index (χ0n) is 19.2. The van der Waals surface area contributed by atoms with Crippen molar-refractivity contribution in [1.82, 2.24) is 9.88 Å². The van der Waals surface area contributed by atoms with Gasteiger partial charge in [0.25, 0.3) is 5.56 Å². The van der Waals surface area contributed by atoms with Crippen molar-refractivity contribution in [3.63, 3.8) is 0 Å². The number of hydrogen-bond donors (Lipinski definition) is 3. The third-order valence-corrected chi connectivity index (χ3v) is 6.61. The molecule has 0 atom stereocenters. The standard InChI is InChI=1S/C26H33FN4O/c1-17-9-10-23(20(11-17)16-31(3)22-7-5-4-6-8-22)29-15-19-12-18-13-21(27)14-24(28-2)25(18)30-26(19)32/h9-14,22,28-29H,4-8,15-16H2,1-3H3,(H,30,32). The number of fused-ring (bicyclic) bond motifs is 1. The molecule has 0 unspecified atom stereocenters. The van der Waals surface area contributed by atoms with E-state index in [1.54, 1.807) is 13.1 Å². The summed E-state index contributed by atoms with van der Waals surface area (Å²) in [5, 5.41) is 7.07. The van der Waals surface area contributed by atoms with Crippen LogP contribution in [0, 0.1) is 12.7 Å². The van der Waals surface area contributed by atoms with Crippen LogP contribution < -0.4 is 16.2 Å². The second kappa shape index (κ2) is 9.74. The van der Waals surface area contributed by atoms with Gasteiger partial charge >= 0.3 is 0 Å². The molecule has 0 aliphatic heterocycles. The number of benzene rings is 2. The Labute approximate surface area is 189 Å². The lowest BCUT2D eigenvalue weighted by Gasteiger charge is -2.31. The summed E-state index contributed by atoms with van der Waals surface area (Å²) >= 11 is 0. The minimum atomic E-state index is -0.334. The maximum absolute atomic E-state index is 14.0. The largest absolute Gasteiger partial charge is 0.386 e. The van der Waals surface area contributed by atoms with E-state index in [0.29, 0.717) is 34.7 Å². The third kappa shape index (κ3) is 4.96. The Balaban J connectivity index is 1.55. The first-order chi connectivity index (χ1) is 15.4. The average molecular weight is 437 g/mol. The molecule has 6 heteroatoms. The first kappa shape index (κ1) is 22.3. The van der Waals surface area contributed by atoms with E-state index in [1.165, 1.54) is 55.4 Å². The summed E-state index contributed by atoms with van der Waals surface area (Å²) in [4.78, 5) is 18.1. The molecule has 0 saturated heterocycles. The molecule has 1 saturated carbocycles. The van der Waals surface area contributed by atoms with Gasteiger partial charge in [-0.3, -0.25) is 9.69 Å². The number of aromatic nitrogens is 1. The van der Waals surface area contributed by atoms with Gasteiger partial charge in [0.05, 0.1) is 11.2 Å². The van der Waals surface area contributed by atoms with Crippen molar-refractivity contribution in [3.8, 4) is 0 Å². The molecule has 170 valence electrons. The van der Waals surface area contributed by atoms with E-state index in [1.807, 2.05) is 0 Å². The SMILES string of the molecule is CNc1cc(F)cc2cc(CNc3ccc(C)cc3CN(C)C3CCCCC3)c(=O)[nH]c12. The second-order valence-corrected chi connectivity index (χ2v) is 9.01. The maximum atomic E-state index is 14.0. The predicted octanol–water partition coefficient (Wildman–Crippen LogP) is 5.39. The Morgan fingerprint density at radius 3 is 2.59 bits per heavy atom. The van der Waals surface area contributed by atoms with Crippen molar-refractivity contribution in [2.24, 2.45) is 0 Å². The Morgan fingerprint density at radius 2 is 1.84 bits per heavy atom. The van der Waals surface area contributed by atoms with Gasteiger partial charge in [-0.05, 0) is 56.6 Å². The number of nitrogens with zero attached hydrogens (tertiary/aromatic N) is 1. The van der Waals surface area contributed by atoms with E-state index in [0.717, 1.165) is 12.2 Å². The molecule has 32 heavy (non-hydrogen) atoms. The highest BCUT2D eigenvalue weighted by atomic mass is 19.1. The monoisotopic (exact) mass is 436 g/mol. The number of anilines is 2. The lowest BCUT2D eigenvalue weighted by molar-refractivity contribution is 0.185. The van der Waals surface area contributed by atoms with E-state index in [-0.39, 0.29) is 11.4 Å². The van der Waals surface area contributed by atoms with Crippen LogP contribution in [-0.2, 0) is 13.1 Å². The van der Waals surface area contributed by atoms with Crippen LogP contribution in [-0.4, -0.2) is 30.0 Å². The molecule has 1 aliphatic rings. The number of aromatic amines is 1. The Kier molecular flexibility index (Phi) is 6.80. The number of hydrogen-bond acceptors (Lipinski definition) is 4. The van der Waals surface area contributed by atoms with Crippen LogP contribution in [0.2, 0.25) is 0 Å². The van der Waals surface area contributed by atoms with Gasteiger partial charge in [-0.25, -0.2) is 4.39 Å². The number of nitrogens with one attached hydrogen (secondary N) is 3. The molecule has 2 aromatic carbocycles. The molecule has 0 bridgehead atoms. The minimum Gasteiger partial charge on any atom is -0.386 e. The van der Waals surface area contributed by atoms with E-state index in [9.17, 15) is 9.18 Å². The summed E-state index contributed by atoms with van der Waals surface area (Å²) in [6.07, 6.45) is 6.51. The third-order valence-electron chi connectivity index (χ3n) is 6.61. The van der Waals surface area contributed by atoms with Gasteiger partial charge in [0.15, 0.2) is 0 Å². The Morgan fingerprint density at radius 1 is 1.06 bits per heavy atom. The van der Waals surface area contributed by atoms with Crippen LogP contribution in [0.3, 0.4) is 0 Å². The normalized spacial score (nSPS) is 14.8. The van der Waals surface area contributed by atoms with Crippen LogP contribution in [0.4, 0.5) is 15.8 Å². The Bertz CT molecular complexity index is 1150. The molecule has 0 radical (unpaired) electrons. The topological polar surface area (TPSA) is 60.2 Å². The molecule has 1 aromatic heterocycles. The zero-order valence-corrected chi connectivity index (χ0v) is 19.2. The fraction of sp³-hybridized carbons (Fsp3) is 0.423. The van der Waals surface area contributed by atoms with Gasteiger partial charge in [0.2, 0.25) is 0 Å². The molecule has 0 amide bonds. The summed E-state index contributed by atoms with van der Waals surface area (Å²) < 4.78 is 14.0. The van der Waals surface area contributed by atoms with E-state index < -0.39 is 0 Å². The summed E-state index contributed by atoms with van der Waals surface area (Å²) in [6, 6.07) is 11.6. The van der Waals surface area contributed by atoms with Gasteiger partial charge in [-0.1, -0.05) is 37.0 Å². The molecular weight excluding hydrogens is 403 g/mol. The van der Waals surface area contributed by atoms with Gasteiger partial charge in [-0.15, -0.1) is 0 Å². The molecular formula is C26H33FN4O. The van der Waals surface area contributed by atoms with Crippen molar-refractivity contribution in [2.45, 2.75) is 58.2 Å². The quantitative estimate of drug-likeness (QED) is 0.464. The molecule has 1 aliphatic carbocycles. The molecule has 1 fully saturated rings. The smallest absolute Gasteiger partial charge is 0.253 e. The highest BCUT2D eigenvalue weighted by Gasteiger charge is 2.19. The predicted molar refractivity (Wildman–Crippen MR) is 131 cm³/mol. The zero-order chi connectivity index (χ0) is 22.7. The summed E-state index contributed by atoms with van der Waals surface area (Å²) in [6.45, 7) is 3.36. The lowest BCUT2D eigenvalue weighted by Crippen LogP contribution is -2.33. The summed E-state index contributed by atoms with van der Waals surface area (Å²) in [7, 11) is 3.93. The fourth-order valence-electron chi connectivity index (χ4n) is 4.79. The van der Waals surface area contributed by atoms with Gasteiger partial charge in [0.1, 0.15) is 5.82 Å². The van der Waals surface area contributed by atoms with E-state index >= 15 is 0 Å². The number of H-pyrrole nitrogens is 1. The highest BCUT2D eigenvalue weighted by Crippen LogP contribution is 2.26. The van der Waals surface area contributed by atoms with E-state index in [2.05, 4.69) is 52.7 Å². The molecule has 3 aromatic rings. The van der Waals surface area contributed by atoms with Crippen LogP contribution in [0.1, 0.15) is 48.8 Å². The maximum Gasteiger partial charge on any atom is 0.253 e. The van der Waals surface area contributed by atoms with Crippen molar-refractivity contribution in [1.29, 1.82) is 0 Å².